The fraction of sp³-hybridized carbons (Fsp3) is 0.250. The van der Waals surface area contributed by atoms with Crippen molar-refractivity contribution in [2.45, 2.75) is 18.8 Å². The van der Waals surface area contributed by atoms with Crippen LogP contribution in [0.1, 0.15) is 35.0 Å². The van der Waals surface area contributed by atoms with Gasteiger partial charge in [0.25, 0.3) is 5.91 Å². The van der Waals surface area contributed by atoms with Crippen molar-refractivity contribution in [1.29, 1.82) is 0 Å². The zero-order chi connectivity index (χ0) is 19.7. The van der Waals surface area contributed by atoms with E-state index in [4.69, 9.17) is 4.52 Å². The van der Waals surface area contributed by atoms with Gasteiger partial charge in [-0.3, -0.25) is 4.79 Å². The van der Waals surface area contributed by atoms with Crippen molar-refractivity contribution < 1.29 is 18.1 Å². The number of halogens is 3. The van der Waals surface area contributed by atoms with Crippen LogP contribution < -0.4 is 0 Å². The third kappa shape index (κ3) is 3.82. The van der Waals surface area contributed by atoms with Crippen molar-refractivity contribution in [3.8, 4) is 11.4 Å². The molecule has 1 aliphatic rings. The summed E-state index contributed by atoms with van der Waals surface area (Å²) >= 11 is 3.27. The molecule has 2 heterocycles. The maximum atomic E-state index is 14.1. The Balaban J connectivity index is 1.53. The molecule has 3 aromatic rings. The number of benzene rings is 2. The van der Waals surface area contributed by atoms with Crippen molar-refractivity contribution in [3.05, 3.63) is 70.0 Å². The molecular formula is C20H16BrF2N3O2. The number of piperidine rings is 1. The minimum Gasteiger partial charge on any atom is -0.339 e. The number of carbonyl (C=O) groups is 1. The molecule has 1 fully saturated rings. The summed E-state index contributed by atoms with van der Waals surface area (Å²) in [4.78, 5) is 18.8. The van der Waals surface area contributed by atoms with E-state index >= 15 is 0 Å². The Bertz CT molecular complexity index is 1020. The van der Waals surface area contributed by atoms with Crippen LogP contribution in [0.4, 0.5) is 8.78 Å². The summed E-state index contributed by atoms with van der Waals surface area (Å²) in [5, 5.41) is 3.93. The lowest BCUT2D eigenvalue weighted by Gasteiger charge is -2.31. The van der Waals surface area contributed by atoms with Crippen LogP contribution in [-0.4, -0.2) is 34.0 Å². The molecule has 144 valence electrons. The van der Waals surface area contributed by atoms with E-state index in [0.29, 0.717) is 34.8 Å². The van der Waals surface area contributed by atoms with E-state index in [9.17, 15) is 13.6 Å². The molecule has 28 heavy (non-hydrogen) atoms. The van der Waals surface area contributed by atoms with Crippen LogP contribution in [-0.2, 0) is 0 Å². The zero-order valence-electron chi connectivity index (χ0n) is 14.7. The average molecular weight is 448 g/mol. The molecular weight excluding hydrogens is 432 g/mol. The molecule has 1 atom stereocenters. The summed E-state index contributed by atoms with van der Waals surface area (Å²) in [6.45, 7) is 0.891. The largest absolute Gasteiger partial charge is 0.339 e. The highest BCUT2D eigenvalue weighted by Crippen LogP contribution is 2.29. The molecule has 0 bridgehead atoms. The Labute approximate surface area is 168 Å². The third-order valence-electron chi connectivity index (χ3n) is 4.74. The van der Waals surface area contributed by atoms with Crippen molar-refractivity contribution in [3.63, 3.8) is 0 Å². The predicted octanol–water partition coefficient (Wildman–Crippen LogP) is 4.80. The van der Waals surface area contributed by atoms with E-state index in [1.54, 1.807) is 23.1 Å². The van der Waals surface area contributed by atoms with Gasteiger partial charge in [-0.05, 0) is 43.2 Å². The van der Waals surface area contributed by atoms with E-state index in [1.807, 2.05) is 0 Å². The molecule has 0 saturated carbocycles. The Kier molecular flexibility index (Phi) is 5.21. The van der Waals surface area contributed by atoms with E-state index in [1.165, 1.54) is 24.3 Å². The van der Waals surface area contributed by atoms with Gasteiger partial charge < -0.3 is 9.42 Å². The Hall–Kier alpha value is -2.61. The fourth-order valence-corrected chi connectivity index (χ4v) is 3.70. The van der Waals surface area contributed by atoms with E-state index in [-0.39, 0.29) is 23.2 Å². The molecule has 0 radical (unpaired) electrons. The molecule has 1 unspecified atom stereocenters. The van der Waals surface area contributed by atoms with Gasteiger partial charge in [0.15, 0.2) is 0 Å². The standard InChI is InChI=1S/C20H16BrF2N3O2/c21-14-6-7-17(23)16(10-14)20(27)26-8-2-4-13(11-26)19-24-18(25-28-19)12-3-1-5-15(22)9-12/h1,3,5-7,9-10,13H,2,4,8,11H2. The Morgan fingerprint density at radius 2 is 2.07 bits per heavy atom. The van der Waals surface area contributed by atoms with Crippen molar-refractivity contribution in [2.24, 2.45) is 0 Å². The second-order valence-corrected chi connectivity index (χ2v) is 7.60. The number of hydrogen-bond donors (Lipinski definition) is 0. The first-order valence-corrected chi connectivity index (χ1v) is 9.64. The van der Waals surface area contributed by atoms with Gasteiger partial charge in [0.2, 0.25) is 11.7 Å². The van der Waals surface area contributed by atoms with Gasteiger partial charge in [-0.2, -0.15) is 4.98 Å². The van der Waals surface area contributed by atoms with E-state index < -0.39 is 5.82 Å². The molecule has 4 rings (SSSR count). The van der Waals surface area contributed by atoms with E-state index in [2.05, 4.69) is 26.1 Å². The van der Waals surface area contributed by atoms with Crippen molar-refractivity contribution >= 4 is 21.8 Å². The number of hydrogen-bond acceptors (Lipinski definition) is 4. The first kappa shape index (κ1) is 18.7. The lowest BCUT2D eigenvalue weighted by molar-refractivity contribution is 0.0691. The predicted molar refractivity (Wildman–Crippen MR) is 102 cm³/mol. The van der Waals surface area contributed by atoms with E-state index in [0.717, 1.165) is 12.8 Å². The molecule has 0 aliphatic carbocycles. The van der Waals surface area contributed by atoms with Gasteiger partial charge in [0.05, 0.1) is 11.5 Å². The number of carbonyl (C=O) groups excluding carboxylic acids is 1. The molecule has 1 aromatic heterocycles. The lowest BCUT2D eigenvalue weighted by Crippen LogP contribution is -2.39. The first-order valence-electron chi connectivity index (χ1n) is 8.85. The molecule has 1 aliphatic heterocycles. The Morgan fingerprint density at radius 3 is 2.89 bits per heavy atom. The average Bonchev–Trinajstić information content (AvgIpc) is 3.20. The van der Waals surface area contributed by atoms with Gasteiger partial charge >= 0.3 is 0 Å². The van der Waals surface area contributed by atoms with Gasteiger partial charge in [-0.1, -0.05) is 33.2 Å². The number of rotatable bonds is 3. The molecule has 2 aromatic carbocycles. The first-order chi connectivity index (χ1) is 13.5. The van der Waals surface area contributed by atoms with Crippen molar-refractivity contribution in [2.75, 3.05) is 13.1 Å². The fourth-order valence-electron chi connectivity index (χ4n) is 3.34. The number of likely N-dealkylation sites (tertiary alicyclic amines) is 1. The summed E-state index contributed by atoms with van der Waals surface area (Å²) < 4.78 is 33.5. The highest BCUT2D eigenvalue weighted by molar-refractivity contribution is 9.10. The van der Waals surface area contributed by atoms with Gasteiger partial charge in [-0.15, -0.1) is 0 Å². The maximum Gasteiger partial charge on any atom is 0.256 e. The third-order valence-corrected chi connectivity index (χ3v) is 5.23. The van der Waals surface area contributed by atoms with Crippen LogP contribution in [0.3, 0.4) is 0 Å². The van der Waals surface area contributed by atoms with Gasteiger partial charge in [0.1, 0.15) is 11.6 Å². The van der Waals surface area contributed by atoms with Crippen LogP contribution in [0.5, 0.6) is 0 Å². The quantitative estimate of drug-likeness (QED) is 0.578. The SMILES string of the molecule is O=C(c1cc(Br)ccc1F)N1CCCC(c2nc(-c3cccc(F)c3)no2)C1. The molecule has 1 amide bonds. The molecule has 0 spiro atoms. The number of amides is 1. The second-order valence-electron chi connectivity index (χ2n) is 6.68. The number of nitrogens with zero attached hydrogens (tertiary/aromatic N) is 3. The normalized spacial score (nSPS) is 17.0. The van der Waals surface area contributed by atoms with Crippen molar-refractivity contribution in [1.82, 2.24) is 15.0 Å². The monoisotopic (exact) mass is 447 g/mol. The maximum absolute atomic E-state index is 14.1. The van der Waals surface area contributed by atoms with Gasteiger partial charge in [0, 0.05) is 23.1 Å². The minimum absolute atomic E-state index is 0.0287. The van der Waals surface area contributed by atoms with Crippen LogP contribution in [0.25, 0.3) is 11.4 Å². The summed E-state index contributed by atoms with van der Waals surface area (Å²) in [7, 11) is 0. The van der Waals surface area contributed by atoms with Crippen LogP contribution in [0.2, 0.25) is 0 Å². The number of aromatic nitrogens is 2. The second kappa shape index (κ2) is 7.79. The van der Waals surface area contributed by atoms with Crippen LogP contribution in [0, 0.1) is 11.6 Å². The molecule has 8 heteroatoms. The highest BCUT2D eigenvalue weighted by Gasteiger charge is 2.30. The Morgan fingerprint density at radius 1 is 1.21 bits per heavy atom. The highest BCUT2D eigenvalue weighted by atomic mass is 79.9. The molecule has 5 nitrogen and oxygen atoms in total. The lowest BCUT2D eigenvalue weighted by atomic mass is 9.97. The summed E-state index contributed by atoms with van der Waals surface area (Å²) in [5.74, 6) is -0.755. The smallest absolute Gasteiger partial charge is 0.256 e. The van der Waals surface area contributed by atoms with Gasteiger partial charge in [-0.25, -0.2) is 8.78 Å². The summed E-state index contributed by atoms with van der Waals surface area (Å²) in [5.41, 5.74) is 0.552. The molecule has 0 N–H and O–H groups in total. The zero-order valence-corrected chi connectivity index (χ0v) is 16.3. The topological polar surface area (TPSA) is 59.2 Å². The summed E-state index contributed by atoms with van der Waals surface area (Å²) in [6.07, 6.45) is 1.51. The summed E-state index contributed by atoms with van der Waals surface area (Å²) in [6, 6.07) is 10.3. The van der Waals surface area contributed by atoms with Crippen LogP contribution >= 0.6 is 15.9 Å². The van der Waals surface area contributed by atoms with Crippen LogP contribution in [0.15, 0.2) is 51.5 Å². The minimum atomic E-state index is -0.554. The molecule has 1 saturated heterocycles.